The summed E-state index contributed by atoms with van der Waals surface area (Å²) >= 11 is 0. The van der Waals surface area contributed by atoms with Crippen LogP contribution in [0.1, 0.15) is 18.4 Å². The van der Waals surface area contributed by atoms with Gasteiger partial charge >= 0.3 is 0 Å². The van der Waals surface area contributed by atoms with Gasteiger partial charge in [-0.3, -0.25) is 14.9 Å². The Kier molecular flexibility index (Phi) is 5.05. The van der Waals surface area contributed by atoms with Gasteiger partial charge in [0, 0.05) is 12.6 Å². The number of piperidine rings is 1. The molecule has 4 nitrogen and oxygen atoms in total. The van der Waals surface area contributed by atoms with E-state index in [1.807, 2.05) is 6.08 Å². The quantitative estimate of drug-likeness (QED) is 0.518. The van der Waals surface area contributed by atoms with Crippen molar-refractivity contribution in [2.24, 2.45) is 5.92 Å². The van der Waals surface area contributed by atoms with Gasteiger partial charge < -0.3 is 0 Å². The average Bonchev–Trinajstić information content (AvgIpc) is 2.61. The predicted molar refractivity (Wildman–Crippen MR) is 91.0 cm³/mol. The summed E-state index contributed by atoms with van der Waals surface area (Å²) in [5.41, 5.74) is 3.00. The maximum absolute atomic E-state index is 11.0. The van der Waals surface area contributed by atoms with Crippen molar-refractivity contribution in [3.8, 4) is 0 Å². The van der Waals surface area contributed by atoms with Crippen molar-refractivity contribution >= 4 is 16.7 Å². The molecule has 0 spiro atoms. The van der Waals surface area contributed by atoms with Crippen LogP contribution in [0.2, 0.25) is 0 Å². The Morgan fingerprint density at radius 3 is 2.70 bits per heavy atom. The minimum Gasteiger partial charge on any atom is -0.299 e. The molecule has 4 heteroatoms. The van der Waals surface area contributed by atoms with Crippen molar-refractivity contribution in [3.63, 3.8) is 0 Å². The minimum atomic E-state index is -0.455. The number of hydrogen-bond acceptors (Lipinski definition) is 3. The Morgan fingerprint density at radius 1 is 1.17 bits per heavy atom. The summed E-state index contributed by atoms with van der Waals surface area (Å²) in [6, 6.07) is 15.0. The number of nitrogens with one attached hydrogen (secondary N) is 1. The summed E-state index contributed by atoms with van der Waals surface area (Å²) in [4.78, 5) is 13.5. The summed E-state index contributed by atoms with van der Waals surface area (Å²) < 4.78 is 0. The molecular formula is C19H22N2O2. The van der Waals surface area contributed by atoms with Crippen molar-refractivity contribution in [2.45, 2.75) is 19.4 Å². The number of carbonyl (C=O) groups excluding carboxylic acids is 1. The standard InChI is InChI=1S/C19H22N2O2/c22-19(20-23)9-8-15-10-12-21(13-11-15)14-17-6-3-5-16-4-1-2-7-18(16)17/h1-9,15,23H,10-14H2,(H,20,22)/b9-8+. The number of carbonyl (C=O) groups is 1. The molecule has 1 aliphatic rings. The fourth-order valence-electron chi connectivity index (χ4n) is 3.24. The van der Waals surface area contributed by atoms with Gasteiger partial charge in [0.2, 0.25) is 0 Å². The molecule has 0 aliphatic carbocycles. The molecular weight excluding hydrogens is 288 g/mol. The number of nitrogens with zero attached hydrogens (tertiary/aromatic N) is 1. The Morgan fingerprint density at radius 2 is 1.91 bits per heavy atom. The monoisotopic (exact) mass is 310 g/mol. The zero-order valence-electron chi connectivity index (χ0n) is 13.1. The van der Waals surface area contributed by atoms with E-state index in [-0.39, 0.29) is 0 Å². The third-order valence-corrected chi connectivity index (χ3v) is 4.54. The number of rotatable bonds is 4. The van der Waals surface area contributed by atoms with Gasteiger partial charge in [-0.05, 0) is 48.2 Å². The van der Waals surface area contributed by atoms with Crippen LogP contribution >= 0.6 is 0 Å². The zero-order valence-corrected chi connectivity index (χ0v) is 13.1. The molecule has 1 amide bonds. The molecule has 0 saturated carbocycles. The first-order chi connectivity index (χ1) is 11.3. The SMILES string of the molecule is O=C(/C=C/C1CCN(Cc2cccc3ccccc23)CC1)NO. The second kappa shape index (κ2) is 7.40. The second-order valence-corrected chi connectivity index (χ2v) is 6.09. The number of likely N-dealkylation sites (tertiary alicyclic amines) is 1. The number of allylic oxidation sites excluding steroid dienone is 1. The molecule has 1 fully saturated rings. The lowest BCUT2D eigenvalue weighted by atomic mass is 9.95. The van der Waals surface area contributed by atoms with E-state index in [0.717, 1.165) is 32.5 Å². The van der Waals surface area contributed by atoms with Crippen molar-refractivity contribution < 1.29 is 10.0 Å². The molecule has 1 heterocycles. The fraction of sp³-hybridized carbons (Fsp3) is 0.316. The molecule has 0 bridgehead atoms. The minimum absolute atomic E-state index is 0.413. The molecule has 1 aliphatic heterocycles. The summed E-state index contributed by atoms with van der Waals surface area (Å²) in [6.45, 7) is 3.02. The first-order valence-corrected chi connectivity index (χ1v) is 8.07. The van der Waals surface area contributed by atoms with Crippen molar-refractivity contribution in [1.82, 2.24) is 10.4 Å². The molecule has 2 aromatic carbocycles. The average molecular weight is 310 g/mol. The number of hydroxylamine groups is 1. The van der Waals surface area contributed by atoms with Gasteiger partial charge in [0.15, 0.2) is 0 Å². The van der Waals surface area contributed by atoms with Gasteiger partial charge in [-0.2, -0.15) is 0 Å². The van der Waals surface area contributed by atoms with Crippen LogP contribution in [-0.4, -0.2) is 29.1 Å². The molecule has 3 rings (SSSR count). The van der Waals surface area contributed by atoms with Gasteiger partial charge in [-0.25, -0.2) is 5.48 Å². The van der Waals surface area contributed by atoms with Crippen LogP contribution in [0.25, 0.3) is 10.8 Å². The lowest BCUT2D eigenvalue weighted by Crippen LogP contribution is -2.32. The van der Waals surface area contributed by atoms with E-state index in [1.54, 1.807) is 5.48 Å². The Bertz CT molecular complexity index is 698. The van der Waals surface area contributed by atoms with Gasteiger partial charge in [-0.15, -0.1) is 0 Å². The first-order valence-electron chi connectivity index (χ1n) is 8.07. The molecule has 0 aromatic heterocycles. The van der Waals surface area contributed by atoms with Crippen LogP contribution in [0.15, 0.2) is 54.6 Å². The zero-order chi connectivity index (χ0) is 16.1. The molecule has 0 unspecified atom stereocenters. The highest BCUT2D eigenvalue weighted by Crippen LogP contribution is 2.23. The van der Waals surface area contributed by atoms with E-state index < -0.39 is 5.91 Å². The maximum atomic E-state index is 11.0. The van der Waals surface area contributed by atoms with Crippen LogP contribution in [0, 0.1) is 5.92 Å². The lowest BCUT2D eigenvalue weighted by Gasteiger charge is -2.31. The maximum Gasteiger partial charge on any atom is 0.267 e. The van der Waals surface area contributed by atoms with Gasteiger partial charge in [0.1, 0.15) is 0 Å². The van der Waals surface area contributed by atoms with Crippen LogP contribution in [-0.2, 0) is 11.3 Å². The van der Waals surface area contributed by atoms with Crippen molar-refractivity contribution in [3.05, 3.63) is 60.2 Å². The summed E-state index contributed by atoms with van der Waals surface area (Å²) in [5, 5.41) is 11.1. The van der Waals surface area contributed by atoms with E-state index in [2.05, 4.69) is 47.4 Å². The normalized spacial score (nSPS) is 16.9. The van der Waals surface area contributed by atoms with Crippen LogP contribution in [0.4, 0.5) is 0 Å². The van der Waals surface area contributed by atoms with Gasteiger partial charge in [0.25, 0.3) is 5.91 Å². The molecule has 23 heavy (non-hydrogen) atoms. The Hall–Kier alpha value is -2.17. The highest BCUT2D eigenvalue weighted by molar-refractivity contribution is 5.86. The molecule has 2 aromatic rings. The highest BCUT2D eigenvalue weighted by atomic mass is 16.5. The van der Waals surface area contributed by atoms with Crippen molar-refractivity contribution in [1.29, 1.82) is 0 Å². The van der Waals surface area contributed by atoms with E-state index in [9.17, 15) is 4.79 Å². The van der Waals surface area contributed by atoms with Crippen LogP contribution in [0.5, 0.6) is 0 Å². The van der Waals surface area contributed by atoms with Crippen LogP contribution in [0.3, 0.4) is 0 Å². The first kappa shape index (κ1) is 15.7. The van der Waals surface area contributed by atoms with Crippen molar-refractivity contribution in [2.75, 3.05) is 13.1 Å². The summed E-state index contributed by atoms with van der Waals surface area (Å²) in [6.07, 6.45) is 5.41. The van der Waals surface area contributed by atoms with Crippen LogP contribution < -0.4 is 5.48 Å². The summed E-state index contributed by atoms with van der Waals surface area (Å²) in [5.74, 6) is -0.0424. The largest absolute Gasteiger partial charge is 0.299 e. The lowest BCUT2D eigenvalue weighted by molar-refractivity contribution is -0.124. The third kappa shape index (κ3) is 3.97. The van der Waals surface area contributed by atoms with E-state index >= 15 is 0 Å². The molecule has 1 saturated heterocycles. The van der Waals surface area contributed by atoms with E-state index in [1.165, 1.54) is 22.4 Å². The number of amides is 1. The fourth-order valence-corrected chi connectivity index (χ4v) is 3.24. The second-order valence-electron chi connectivity index (χ2n) is 6.09. The number of benzene rings is 2. The smallest absolute Gasteiger partial charge is 0.267 e. The Labute approximate surface area is 136 Å². The highest BCUT2D eigenvalue weighted by Gasteiger charge is 2.18. The molecule has 120 valence electrons. The number of fused-ring (bicyclic) bond motifs is 1. The molecule has 0 atom stereocenters. The van der Waals surface area contributed by atoms with E-state index in [4.69, 9.17) is 5.21 Å². The Balaban J connectivity index is 1.60. The number of hydrogen-bond donors (Lipinski definition) is 2. The topological polar surface area (TPSA) is 52.6 Å². The third-order valence-electron chi connectivity index (χ3n) is 4.54. The summed E-state index contributed by atoms with van der Waals surface area (Å²) in [7, 11) is 0. The van der Waals surface area contributed by atoms with Gasteiger partial charge in [0.05, 0.1) is 0 Å². The molecule has 0 radical (unpaired) electrons. The molecule has 2 N–H and O–H groups in total. The van der Waals surface area contributed by atoms with E-state index in [0.29, 0.717) is 5.92 Å². The predicted octanol–water partition coefficient (Wildman–Crippen LogP) is 3.11. The van der Waals surface area contributed by atoms with Gasteiger partial charge in [-0.1, -0.05) is 48.5 Å².